The molecular weight excluding hydrogens is 466 g/mol. The maximum absolute atomic E-state index is 12.6. The van der Waals surface area contributed by atoms with E-state index in [4.69, 9.17) is 15.1 Å². The molecule has 5 heterocycles. The third-order valence-corrected chi connectivity index (χ3v) is 8.17. The maximum Gasteiger partial charge on any atom is 0.303 e. The van der Waals surface area contributed by atoms with E-state index in [1.54, 1.807) is 12.4 Å². The minimum Gasteiger partial charge on any atom is -0.481 e. The lowest BCUT2D eigenvalue weighted by molar-refractivity contribution is -0.139. The standard InChI is InChI=1S/C29H41N5O3/c1-5-19(6-2)24-14-25(33-28(32-24)20-7-10-30-11-8-20)23-18-34-12-9-21(23)13-22(34)17-31-26(35)15-29(3,4)16-27(36)37/h7-8,10-11,14,19,21-23H,5-6,9,12-13,15-18H2,1-4H3,(H,31,35)(H,36,37)/t21-,22+,23+/m0/s1. The van der Waals surface area contributed by atoms with E-state index in [0.29, 0.717) is 30.3 Å². The Bertz CT molecular complexity index is 1090. The predicted octanol–water partition coefficient (Wildman–Crippen LogP) is 4.63. The van der Waals surface area contributed by atoms with Crippen LogP contribution in [0.15, 0.2) is 30.6 Å². The fourth-order valence-electron chi connectivity index (χ4n) is 6.11. The van der Waals surface area contributed by atoms with Crippen LogP contribution < -0.4 is 5.32 Å². The van der Waals surface area contributed by atoms with Crippen molar-refractivity contribution in [1.82, 2.24) is 25.2 Å². The predicted molar refractivity (Wildman–Crippen MR) is 143 cm³/mol. The molecule has 200 valence electrons. The number of carboxylic acids is 1. The Hall–Kier alpha value is -2.87. The van der Waals surface area contributed by atoms with Crippen molar-refractivity contribution in [2.75, 3.05) is 19.6 Å². The second kappa shape index (κ2) is 11.7. The summed E-state index contributed by atoms with van der Waals surface area (Å²) in [6.07, 6.45) is 8.04. The topological polar surface area (TPSA) is 108 Å². The van der Waals surface area contributed by atoms with Gasteiger partial charge in [-0.3, -0.25) is 19.5 Å². The van der Waals surface area contributed by atoms with Crippen LogP contribution in [0.2, 0.25) is 0 Å². The first-order chi connectivity index (χ1) is 17.7. The van der Waals surface area contributed by atoms with E-state index in [0.717, 1.165) is 61.5 Å². The molecule has 2 N–H and O–H groups in total. The molecule has 5 rings (SSSR count). The average molecular weight is 508 g/mol. The molecule has 3 aliphatic heterocycles. The molecule has 3 fully saturated rings. The number of piperidine rings is 3. The number of nitrogens with one attached hydrogen (secondary N) is 1. The SMILES string of the molecule is CCC(CC)c1cc([C@@H]2CN3CC[C@H]2C[C@@H]3CNC(=O)CC(C)(C)CC(=O)O)nc(-c2ccncc2)n1. The number of carbonyl (C=O) groups is 2. The maximum atomic E-state index is 12.6. The number of pyridine rings is 1. The van der Waals surface area contributed by atoms with Crippen LogP contribution in [0.1, 0.15) is 89.4 Å². The lowest BCUT2D eigenvalue weighted by Gasteiger charge is -2.50. The average Bonchev–Trinajstić information content (AvgIpc) is 2.88. The molecule has 0 radical (unpaired) electrons. The molecule has 0 spiro atoms. The molecule has 8 nitrogen and oxygen atoms in total. The molecule has 2 bridgehead atoms. The number of hydrogen-bond donors (Lipinski definition) is 2. The molecular formula is C29H41N5O3. The molecule has 0 aromatic carbocycles. The van der Waals surface area contributed by atoms with Crippen LogP contribution in [0.25, 0.3) is 11.4 Å². The fraction of sp³-hybridized carbons (Fsp3) is 0.621. The smallest absolute Gasteiger partial charge is 0.303 e. The number of nitrogens with zero attached hydrogens (tertiary/aromatic N) is 4. The van der Waals surface area contributed by atoms with Crippen LogP contribution >= 0.6 is 0 Å². The van der Waals surface area contributed by atoms with Crippen LogP contribution in [0.5, 0.6) is 0 Å². The van der Waals surface area contributed by atoms with Crippen LogP contribution in [0.3, 0.4) is 0 Å². The normalized spacial score (nSPS) is 23.3. The molecule has 8 heteroatoms. The highest BCUT2D eigenvalue weighted by Crippen LogP contribution is 2.42. The van der Waals surface area contributed by atoms with Crippen molar-refractivity contribution >= 4 is 11.9 Å². The van der Waals surface area contributed by atoms with Crippen LogP contribution in [-0.4, -0.2) is 62.5 Å². The van der Waals surface area contributed by atoms with Gasteiger partial charge in [0.2, 0.25) is 5.91 Å². The molecule has 2 aromatic heterocycles. The molecule has 3 saturated heterocycles. The molecule has 2 aromatic rings. The number of carbonyl (C=O) groups excluding carboxylic acids is 1. The van der Waals surface area contributed by atoms with Gasteiger partial charge in [-0.05, 0) is 61.8 Å². The van der Waals surface area contributed by atoms with E-state index in [9.17, 15) is 9.59 Å². The zero-order valence-corrected chi connectivity index (χ0v) is 22.6. The van der Waals surface area contributed by atoms with Crippen molar-refractivity contribution in [2.24, 2.45) is 11.3 Å². The van der Waals surface area contributed by atoms with E-state index >= 15 is 0 Å². The Kier molecular flexibility index (Phi) is 8.57. The highest BCUT2D eigenvalue weighted by molar-refractivity contribution is 5.78. The first-order valence-electron chi connectivity index (χ1n) is 13.7. The number of rotatable bonds is 11. The monoisotopic (exact) mass is 507 g/mol. The van der Waals surface area contributed by atoms with Crippen molar-refractivity contribution in [3.05, 3.63) is 42.0 Å². The number of fused-ring (bicyclic) bond motifs is 3. The molecule has 1 unspecified atom stereocenters. The Morgan fingerprint density at radius 3 is 2.51 bits per heavy atom. The van der Waals surface area contributed by atoms with Gasteiger partial charge in [-0.15, -0.1) is 0 Å². The Morgan fingerprint density at radius 1 is 1.16 bits per heavy atom. The zero-order chi connectivity index (χ0) is 26.6. The third kappa shape index (κ3) is 6.72. The Morgan fingerprint density at radius 2 is 1.89 bits per heavy atom. The van der Waals surface area contributed by atoms with Gasteiger partial charge in [-0.25, -0.2) is 9.97 Å². The van der Waals surface area contributed by atoms with Gasteiger partial charge < -0.3 is 10.4 Å². The van der Waals surface area contributed by atoms with E-state index < -0.39 is 11.4 Å². The van der Waals surface area contributed by atoms with Gasteiger partial charge >= 0.3 is 5.97 Å². The molecule has 37 heavy (non-hydrogen) atoms. The number of aromatic nitrogens is 3. The fourth-order valence-corrected chi connectivity index (χ4v) is 6.11. The van der Waals surface area contributed by atoms with E-state index in [1.165, 1.54) is 0 Å². The summed E-state index contributed by atoms with van der Waals surface area (Å²) in [6.45, 7) is 10.7. The van der Waals surface area contributed by atoms with Crippen molar-refractivity contribution in [3.63, 3.8) is 0 Å². The first-order valence-corrected chi connectivity index (χ1v) is 13.7. The lowest BCUT2D eigenvalue weighted by atomic mass is 9.73. The van der Waals surface area contributed by atoms with Crippen LogP contribution in [-0.2, 0) is 9.59 Å². The van der Waals surface area contributed by atoms with Gasteiger partial charge in [0.25, 0.3) is 0 Å². The van der Waals surface area contributed by atoms with Gasteiger partial charge in [0.05, 0.1) is 6.42 Å². The van der Waals surface area contributed by atoms with Gasteiger partial charge in [0.1, 0.15) is 0 Å². The third-order valence-electron chi connectivity index (χ3n) is 8.17. The summed E-state index contributed by atoms with van der Waals surface area (Å²) in [5.41, 5.74) is 2.71. The Labute approximate surface area is 220 Å². The number of carboxylic acid groups (broad SMARTS) is 1. The van der Waals surface area contributed by atoms with Gasteiger partial charge in [-0.2, -0.15) is 0 Å². The molecule has 3 aliphatic rings. The summed E-state index contributed by atoms with van der Waals surface area (Å²) in [4.78, 5) is 40.3. The van der Waals surface area contributed by atoms with E-state index in [2.05, 4.69) is 35.1 Å². The summed E-state index contributed by atoms with van der Waals surface area (Å²) in [5.74, 6) is 1.13. The summed E-state index contributed by atoms with van der Waals surface area (Å²) < 4.78 is 0. The summed E-state index contributed by atoms with van der Waals surface area (Å²) in [7, 11) is 0. The molecule has 4 atom stereocenters. The van der Waals surface area contributed by atoms with Crippen molar-refractivity contribution in [2.45, 2.75) is 84.1 Å². The van der Waals surface area contributed by atoms with E-state index in [1.807, 2.05) is 26.0 Å². The second-order valence-electron chi connectivity index (χ2n) is 11.5. The van der Waals surface area contributed by atoms with E-state index in [-0.39, 0.29) is 18.7 Å². The van der Waals surface area contributed by atoms with Gasteiger partial charge in [-0.1, -0.05) is 27.7 Å². The summed E-state index contributed by atoms with van der Waals surface area (Å²) in [5, 5.41) is 12.2. The van der Waals surface area contributed by atoms with Crippen LogP contribution in [0.4, 0.5) is 0 Å². The number of aliphatic carboxylic acids is 1. The highest BCUT2D eigenvalue weighted by Gasteiger charge is 2.41. The minimum absolute atomic E-state index is 0.0148. The highest BCUT2D eigenvalue weighted by atomic mass is 16.4. The number of hydrogen-bond acceptors (Lipinski definition) is 6. The summed E-state index contributed by atoms with van der Waals surface area (Å²) >= 11 is 0. The minimum atomic E-state index is -0.872. The van der Waals surface area contributed by atoms with Gasteiger partial charge in [0.15, 0.2) is 5.82 Å². The van der Waals surface area contributed by atoms with Crippen LogP contribution in [0, 0.1) is 11.3 Å². The second-order valence-corrected chi connectivity index (χ2v) is 11.5. The van der Waals surface area contributed by atoms with Crippen molar-refractivity contribution in [3.8, 4) is 11.4 Å². The zero-order valence-electron chi connectivity index (χ0n) is 22.6. The van der Waals surface area contributed by atoms with Gasteiger partial charge in [0, 0.05) is 66.7 Å². The molecule has 0 saturated carbocycles. The molecule has 1 amide bonds. The first kappa shape index (κ1) is 27.2. The largest absolute Gasteiger partial charge is 0.481 e. The van der Waals surface area contributed by atoms with Crippen molar-refractivity contribution in [1.29, 1.82) is 0 Å². The summed E-state index contributed by atoms with van der Waals surface area (Å²) in [6, 6.07) is 6.50. The molecule has 0 aliphatic carbocycles. The van der Waals surface area contributed by atoms with Crippen molar-refractivity contribution < 1.29 is 14.7 Å². The quantitative estimate of drug-likeness (QED) is 0.457. The Balaban J connectivity index is 1.47. The number of amides is 1. The lowest BCUT2D eigenvalue weighted by Crippen LogP contribution is -2.56.